The smallest absolute Gasteiger partial charge is 0.410 e. The van der Waals surface area contributed by atoms with Crippen molar-refractivity contribution in [1.82, 2.24) is 14.7 Å². The number of carbonyl (C=O) groups is 2. The maximum Gasteiger partial charge on any atom is 0.410 e. The van der Waals surface area contributed by atoms with Gasteiger partial charge in [-0.1, -0.05) is 18.2 Å². The van der Waals surface area contributed by atoms with Crippen LogP contribution in [0.15, 0.2) is 24.3 Å². The van der Waals surface area contributed by atoms with Gasteiger partial charge in [0.15, 0.2) is 5.69 Å². The van der Waals surface area contributed by atoms with E-state index in [0.717, 1.165) is 22.5 Å². The van der Waals surface area contributed by atoms with Gasteiger partial charge in [0.2, 0.25) is 0 Å². The number of aryl methyl sites for hydroxylation is 2. The highest BCUT2D eigenvalue weighted by Crippen LogP contribution is 2.25. The molecule has 0 aliphatic carbocycles. The summed E-state index contributed by atoms with van der Waals surface area (Å²) in [6.45, 7) is 8.36. The van der Waals surface area contributed by atoms with E-state index in [2.05, 4.69) is 10.4 Å². The minimum Gasteiger partial charge on any atom is -0.444 e. The van der Waals surface area contributed by atoms with Crippen LogP contribution in [-0.2, 0) is 24.8 Å². The van der Waals surface area contributed by atoms with Crippen LogP contribution in [0.25, 0.3) is 0 Å². The molecule has 1 N–H and O–H groups in total. The molecular formula is C20H26N4O3. The Balaban J connectivity index is 1.79. The molecule has 2 heterocycles. The molecule has 144 valence electrons. The van der Waals surface area contributed by atoms with Crippen molar-refractivity contribution in [3.05, 3.63) is 46.8 Å². The quantitative estimate of drug-likeness (QED) is 0.880. The minimum absolute atomic E-state index is 0.230. The van der Waals surface area contributed by atoms with E-state index in [1.165, 1.54) is 0 Å². The Labute approximate surface area is 159 Å². The van der Waals surface area contributed by atoms with E-state index in [9.17, 15) is 9.59 Å². The number of nitrogens with zero attached hydrogens (tertiary/aromatic N) is 3. The minimum atomic E-state index is -0.539. The van der Waals surface area contributed by atoms with E-state index in [1.807, 2.05) is 52.0 Å². The molecule has 0 unspecified atom stereocenters. The second-order valence-corrected chi connectivity index (χ2v) is 7.82. The predicted octanol–water partition coefficient (Wildman–Crippen LogP) is 3.27. The Kier molecular flexibility index (Phi) is 4.95. The molecule has 2 amide bonds. The fourth-order valence-corrected chi connectivity index (χ4v) is 3.13. The molecule has 0 fully saturated rings. The number of para-hydroxylation sites is 1. The fourth-order valence-electron chi connectivity index (χ4n) is 3.13. The van der Waals surface area contributed by atoms with Crippen LogP contribution in [0.4, 0.5) is 10.5 Å². The first-order chi connectivity index (χ1) is 12.7. The van der Waals surface area contributed by atoms with Crippen molar-refractivity contribution in [3.63, 3.8) is 0 Å². The van der Waals surface area contributed by atoms with Gasteiger partial charge < -0.3 is 15.0 Å². The number of hydrogen-bond donors (Lipinski definition) is 1. The number of anilines is 1. The van der Waals surface area contributed by atoms with Crippen molar-refractivity contribution in [3.8, 4) is 0 Å². The Morgan fingerprint density at radius 3 is 2.59 bits per heavy atom. The molecule has 3 rings (SSSR count). The number of fused-ring (bicyclic) bond motifs is 1. The molecule has 7 nitrogen and oxygen atoms in total. The third-order valence-electron chi connectivity index (χ3n) is 4.51. The standard InChI is InChI=1S/C20H26N4O3/c1-13-8-6-7-9-15(13)21-18(25)17-14-10-11-24(12-16(14)23(5)22-17)19(26)27-20(2,3)4/h6-9H,10-12H2,1-5H3,(H,21,25). The highest BCUT2D eigenvalue weighted by atomic mass is 16.6. The zero-order chi connectivity index (χ0) is 19.8. The second kappa shape index (κ2) is 7.06. The van der Waals surface area contributed by atoms with Gasteiger partial charge in [0, 0.05) is 24.8 Å². The van der Waals surface area contributed by atoms with E-state index < -0.39 is 5.60 Å². The normalized spacial score (nSPS) is 13.9. The monoisotopic (exact) mass is 370 g/mol. The van der Waals surface area contributed by atoms with Crippen molar-refractivity contribution in [2.45, 2.75) is 46.3 Å². The predicted molar refractivity (Wildman–Crippen MR) is 103 cm³/mol. The fraction of sp³-hybridized carbons (Fsp3) is 0.450. The lowest BCUT2D eigenvalue weighted by Gasteiger charge is -2.30. The molecule has 1 aliphatic rings. The van der Waals surface area contributed by atoms with Crippen LogP contribution in [0, 0.1) is 6.92 Å². The van der Waals surface area contributed by atoms with Gasteiger partial charge in [-0.2, -0.15) is 5.10 Å². The number of carbonyl (C=O) groups excluding carboxylic acids is 2. The molecular weight excluding hydrogens is 344 g/mol. The van der Waals surface area contributed by atoms with Crippen LogP contribution < -0.4 is 5.32 Å². The molecule has 0 spiro atoms. The van der Waals surface area contributed by atoms with Crippen LogP contribution >= 0.6 is 0 Å². The van der Waals surface area contributed by atoms with Crippen molar-refractivity contribution in [2.75, 3.05) is 11.9 Å². The van der Waals surface area contributed by atoms with Crippen LogP contribution in [0.5, 0.6) is 0 Å². The van der Waals surface area contributed by atoms with E-state index in [0.29, 0.717) is 25.2 Å². The summed E-state index contributed by atoms with van der Waals surface area (Å²) < 4.78 is 7.14. The number of benzene rings is 1. The molecule has 27 heavy (non-hydrogen) atoms. The van der Waals surface area contributed by atoms with Gasteiger partial charge in [-0.05, 0) is 45.7 Å². The Bertz CT molecular complexity index is 880. The third-order valence-corrected chi connectivity index (χ3v) is 4.51. The van der Waals surface area contributed by atoms with Crippen molar-refractivity contribution < 1.29 is 14.3 Å². The molecule has 1 aromatic heterocycles. The molecule has 1 aromatic carbocycles. The maximum atomic E-state index is 12.8. The highest BCUT2D eigenvalue weighted by Gasteiger charge is 2.31. The number of hydrogen-bond acceptors (Lipinski definition) is 4. The lowest BCUT2D eigenvalue weighted by atomic mass is 10.0. The summed E-state index contributed by atoms with van der Waals surface area (Å²) in [5.41, 5.74) is 3.40. The summed E-state index contributed by atoms with van der Waals surface area (Å²) in [7, 11) is 1.79. The van der Waals surface area contributed by atoms with Gasteiger partial charge in [0.05, 0.1) is 12.2 Å². The van der Waals surface area contributed by atoms with E-state index in [4.69, 9.17) is 4.74 Å². The van der Waals surface area contributed by atoms with Crippen LogP contribution in [0.2, 0.25) is 0 Å². The zero-order valence-corrected chi connectivity index (χ0v) is 16.5. The summed E-state index contributed by atoms with van der Waals surface area (Å²) in [5, 5.41) is 7.35. The van der Waals surface area contributed by atoms with Crippen LogP contribution in [0.1, 0.15) is 48.1 Å². The number of aromatic nitrogens is 2. The van der Waals surface area contributed by atoms with Gasteiger partial charge in [-0.25, -0.2) is 4.79 Å². The van der Waals surface area contributed by atoms with E-state index >= 15 is 0 Å². The molecule has 0 saturated heterocycles. The van der Waals surface area contributed by atoms with Gasteiger partial charge in [-0.3, -0.25) is 9.48 Å². The van der Waals surface area contributed by atoms with E-state index in [1.54, 1.807) is 16.6 Å². The van der Waals surface area contributed by atoms with Crippen molar-refractivity contribution >= 4 is 17.7 Å². The summed E-state index contributed by atoms with van der Waals surface area (Å²) in [4.78, 5) is 26.8. The average Bonchev–Trinajstić information content (AvgIpc) is 2.92. The molecule has 0 saturated carbocycles. The number of ether oxygens (including phenoxy) is 1. The summed E-state index contributed by atoms with van der Waals surface area (Å²) in [5.74, 6) is -0.230. The second-order valence-electron chi connectivity index (χ2n) is 7.82. The average molecular weight is 370 g/mol. The van der Waals surface area contributed by atoms with Crippen molar-refractivity contribution in [1.29, 1.82) is 0 Å². The number of rotatable bonds is 2. The molecule has 0 radical (unpaired) electrons. The van der Waals surface area contributed by atoms with Crippen molar-refractivity contribution in [2.24, 2.45) is 7.05 Å². The third kappa shape index (κ3) is 4.13. The first-order valence-corrected chi connectivity index (χ1v) is 9.05. The summed E-state index contributed by atoms with van der Waals surface area (Å²) in [6, 6.07) is 7.63. The van der Waals surface area contributed by atoms with E-state index in [-0.39, 0.29) is 12.0 Å². The number of amides is 2. The highest BCUT2D eigenvalue weighted by molar-refractivity contribution is 6.04. The largest absolute Gasteiger partial charge is 0.444 e. The molecule has 7 heteroatoms. The maximum absolute atomic E-state index is 12.8. The summed E-state index contributed by atoms with van der Waals surface area (Å²) in [6.07, 6.45) is 0.221. The first kappa shape index (κ1) is 18.9. The number of nitrogens with one attached hydrogen (secondary N) is 1. The molecule has 2 aromatic rings. The topological polar surface area (TPSA) is 76.5 Å². The van der Waals surface area contributed by atoms with Gasteiger partial charge >= 0.3 is 6.09 Å². The van der Waals surface area contributed by atoms with Crippen LogP contribution in [0.3, 0.4) is 0 Å². The Hall–Kier alpha value is -2.83. The van der Waals surface area contributed by atoms with Gasteiger partial charge in [-0.15, -0.1) is 0 Å². The lowest BCUT2D eigenvalue weighted by Crippen LogP contribution is -2.40. The Morgan fingerprint density at radius 1 is 1.22 bits per heavy atom. The molecule has 1 aliphatic heterocycles. The Morgan fingerprint density at radius 2 is 1.93 bits per heavy atom. The van der Waals surface area contributed by atoms with Crippen LogP contribution in [-0.4, -0.2) is 38.8 Å². The zero-order valence-electron chi connectivity index (χ0n) is 16.5. The lowest BCUT2D eigenvalue weighted by molar-refractivity contribution is 0.0219. The molecule has 0 bridgehead atoms. The summed E-state index contributed by atoms with van der Waals surface area (Å²) >= 11 is 0. The van der Waals surface area contributed by atoms with Gasteiger partial charge in [0.25, 0.3) is 5.91 Å². The van der Waals surface area contributed by atoms with Gasteiger partial charge in [0.1, 0.15) is 5.60 Å². The molecule has 0 atom stereocenters. The first-order valence-electron chi connectivity index (χ1n) is 9.05. The SMILES string of the molecule is Cc1ccccc1NC(=O)c1nn(C)c2c1CCN(C(=O)OC(C)(C)C)C2.